The summed E-state index contributed by atoms with van der Waals surface area (Å²) in [4.78, 5) is 24.8. The number of halogens is 2. The fraction of sp³-hybridized carbons (Fsp3) is 0.222. The molecule has 6 heteroatoms. The van der Waals surface area contributed by atoms with Gasteiger partial charge in [-0.05, 0) is 35.4 Å². The lowest BCUT2D eigenvalue weighted by atomic mass is 9.81. The largest absolute Gasteiger partial charge is 0.469 e. The number of carbonyl (C=O) groups excluding carboxylic acids is 2. The van der Waals surface area contributed by atoms with Crippen LogP contribution in [-0.2, 0) is 19.1 Å². The molecular weight excluding hydrogens is 351 g/mol. The highest BCUT2D eigenvalue weighted by Crippen LogP contribution is 2.36. The van der Waals surface area contributed by atoms with Gasteiger partial charge in [0, 0.05) is 10.0 Å². The Bertz CT molecular complexity index is 647. The Morgan fingerprint density at radius 1 is 0.708 bits per heavy atom. The molecule has 0 aromatic heterocycles. The van der Waals surface area contributed by atoms with Crippen LogP contribution < -0.4 is 0 Å². The first-order valence-electron chi connectivity index (χ1n) is 7.14. The molecule has 2 aromatic carbocycles. The average molecular weight is 367 g/mol. The number of hydrogen-bond acceptors (Lipinski definition) is 4. The lowest BCUT2D eigenvalue weighted by Gasteiger charge is -2.24. The number of hydrogen-bond donors (Lipinski definition) is 0. The van der Waals surface area contributed by atoms with Gasteiger partial charge in [0.1, 0.15) is 0 Å². The van der Waals surface area contributed by atoms with Crippen LogP contribution in [0.1, 0.15) is 23.0 Å². The van der Waals surface area contributed by atoms with Crippen molar-refractivity contribution < 1.29 is 19.1 Å². The quantitative estimate of drug-likeness (QED) is 0.743. The highest BCUT2D eigenvalue weighted by atomic mass is 35.5. The second kappa shape index (κ2) is 8.18. The van der Waals surface area contributed by atoms with E-state index in [0.717, 1.165) is 0 Å². The van der Waals surface area contributed by atoms with Crippen LogP contribution in [0.5, 0.6) is 0 Å². The molecule has 0 radical (unpaired) electrons. The van der Waals surface area contributed by atoms with Crippen molar-refractivity contribution >= 4 is 35.1 Å². The maximum absolute atomic E-state index is 12.4. The SMILES string of the molecule is COC(=O)C(c1ccc(Cl)cc1)C(C(=O)OC)c1ccc(Cl)cc1. The third kappa shape index (κ3) is 4.08. The van der Waals surface area contributed by atoms with Gasteiger partial charge in [-0.25, -0.2) is 0 Å². The van der Waals surface area contributed by atoms with E-state index < -0.39 is 23.8 Å². The third-order valence-electron chi connectivity index (χ3n) is 3.70. The van der Waals surface area contributed by atoms with E-state index in [9.17, 15) is 9.59 Å². The summed E-state index contributed by atoms with van der Waals surface area (Å²) in [6, 6.07) is 13.4. The summed E-state index contributed by atoms with van der Waals surface area (Å²) in [6.07, 6.45) is 0. The summed E-state index contributed by atoms with van der Waals surface area (Å²) in [5, 5.41) is 1.06. The molecule has 2 atom stereocenters. The van der Waals surface area contributed by atoms with Crippen LogP contribution in [0.2, 0.25) is 10.0 Å². The summed E-state index contributed by atoms with van der Waals surface area (Å²) >= 11 is 11.8. The molecule has 24 heavy (non-hydrogen) atoms. The van der Waals surface area contributed by atoms with Crippen LogP contribution >= 0.6 is 23.2 Å². The number of carbonyl (C=O) groups is 2. The standard InChI is InChI=1S/C18H16Cl2O4/c1-23-17(21)15(11-3-7-13(19)8-4-11)16(18(22)24-2)12-5-9-14(20)10-6-12/h3-10,15-16H,1-2H3. The van der Waals surface area contributed by atoms with Gasteiger partial charge in [-0.1, -0.05) is 47.5 Å². The van der Waals surface area contributed by atoms with Gasteiger partial charge >= 0.3 is 11.9 Å². The van der Waals surface area contributed by atoms with E-state index in [-0.39, 0.29) is 0 Å². The molecule has 2 unspecified atom stereocenters. The molecule has 0 spiro atoms. The number of rotatable bonds is 5. The zero-order valence-corrected chi connectivity index (χ0v) is 14.7. The third-order valence-corrected chi connectivity index (χ3v) is 4.21. The Balaban J connectivity index is 2.56. The Labute approximate surface area is 150 Å². The summed E-state index contributed by atoms with van der Waals surface area (Å²) in [5.74, 6) is -2.80. The average Bonchev–Trinajstić information content (AvgIpc) is 2.60. The Hall–Kier alpha value is -2.04. The van der Waals surface area contributed by atoms with Gasteiger partial charge in [0.15, 0.2) is 0 Å². The van der Waals surface area contributed by atoms with Crippen molar-refractivity contribution in [3.8, 4) is 0 Å². The normalized spacial score (nSPS) is 13.0. The zero-order chi connectivity index (χ0) is 17.7. The first-order valence-corrected chi connectivity index (χ1v) is 7.90. The molecule has 0 heterocycles. The number of ether oxygens (including phenoxy) is 2. The topological polar surface area (TPSA) is 52.6 Å². The lowest BCUT2D eigenvalue weighted by molar-refractivity contribution is -0.150. The number of methoxy groups -OCH3 is 2. The second-order valence-corrected chi connectivity index (χ2v) is 5.98. The monoisotopic (exact) mass is 366 g/mol. The van der Waals surface area contributed by atoms with E-state index >= 15 is 0 Å². The van der Waals surface area contributed by atoms with Crippen LogP contribution in [0, 0.1) is 0 Å². The van der Waals surface area contributed by atoms with Gasteiger partial charge in [0.05, 0.1) is 26.1 Å². The Kier molecular flexibility index (Phi) is 6.23. The summed E-state index contributed by atoms with van der Waals surface area (Å²) in [5.41, 5.74) is 1.22. The predicted molar refractivity (Wildman–Crippen MR) is 92.4 cm³/mol. The first-order chi connectivity index (χ1) is 11.5. The van der Waals surface area contributed by atoms with Gasteiger partial charge in [0.2, 0.25) is 0 Å². The van der Waals surface area contributed by atoms with Gasteiger partial charge in [-0.15, -0.1) is 0 Å². The molecule has 4 nitrogen and oxygen atoms in total. The van der Waals surface area contributed by atoms with Crippen molar-refractivity contribution in [1.82, 2.24) is 0 Å². The van der Waals surface area contributed by atoms with Crippen molar-refractivity contribution in [2.75, 3.05) is 14.2 Å². The van der Waals surface area contributed by atoms with E-state index in [1.807, 2.05) is 0 Å². The van der Waals surface area contributed by atoms with Gasteiger partial charge in [-0.2, -0.15) is 0 Å². The number of benzene rings is 2. The van der Waals surface area contributed by atoms with Crippen molar-refractivity contribution in [2.45, 2.75) is 11.8 Å². The van der Waals surface area contributed by atoms with Crippen LogP contribution in [-0.4, -0.2) is 26.2 Å². The van der Waals surface area contributed by atoms with E-state index in [1.165, 1.54) is 14.2 Å². The molecule has 0 saturated heterocycles. The van der Waals surface area contributed by atoms with Crippen molar-refractivity contribution in [1.29, 1.82) is 0 Å². The Morgan fingerprint density at radius 3 is 1.25 bits per heavy atom. The predicted octanol–water partition coefficient (Wildman–Crippen LogP) is 4.21. The molecule has 0 amide bonds. The van der Waals surface area contributed by atoms with Crippen LogP contribution in [0.3, 0.4) is 0 Å². The molecule has 0 aliphatic rings. The van der Waals surface area contributed by atoms with Gasteiger partial charge in [0.25, 0.3) is 0 Å². The molecule has 0 saturated carbocycles. The van der Waals surface area contributed by atoms with Crippen molar-refractivity contribution in [2.24, 2.45) is 0 Å². The maximum atomic E-state index is 12.4. The van der Waals surface area contributed by atoms with Crippen molar-refractivity contribution in [3.05, 3.63) is 69.7 Å². The van der Waals surface area contributed by atoms with Crippen LogP contribution in [0.15, 0.2) is 48.5 Å². The molecule has 2 aromatic rings. The van der Waals surface area contributed by atoms with Gasteiger partial charge < -0.3 is 9.47 Å². The smallest absolute Gasteiger partial charge is 0.314 e. The molecule has 0 fully saturated rings. The minimum Gasteiger partial charge on any atom is -0.469 e. The second-order valence-electron chi connectivity index (χ2n) is 5.10. The minimum atomic E-state index is -0.860. The van der Waals surface area contributed by atoms with E-state index in [1.54, 1.807) is 48.5 Å². The summed E-state index contributed by atoms with van der Waals surface area (Å²) in [7, 11) is 2.56. The highest BCUT2D eigenvalue weighted by molar-refractivity contribution is 6.30. The van der Waals surface area contributed by atoms with E-state index in [0.29, 0.717) is 21.2 Å². The highest BCUT2D eigenvalue weighted by Gasteiger charge is 2.38. The van der Waals surface area contributed by atoms with Crippen LogP contribution in [0.4, 0.5) is 0 Å². The van der Waals surface area contributed by atoms with E-state index in [4.69, 9.17) is 32.7 Å². The minimum absolute atomic E-state index is 0.531. The molecule has 0 aliphatic carbocycles. The summed E-state index contributed by atoms with van der Waals surface area (Å²) in [6.45, 7) is 0. The fourth-order valence-electron chi connectivity index (χ4n) is 2.52. The lowest BCUT2D eigenvalue weighted by Crippen LogP contribution is -2.28. The molecule has 126 valence electrons. The Morgan fingerprint density at radius 2 is 1.00 bits per heavy atom. The fourth-order valence-corrected chi connectivity index (χ4v) is 2.78. The molecule has 0 aliphatic heterocycles. The van der Waals surface area contributed by atoms with Gasteiger partial charge in [-0.3, -0.25) is 9.59 Å². The van der Waals surface area contributed by atoms with Crippen LogP contribution in [0.25, 0.3) is 0 Å². The molecular formula is C18H16Cl2O4. The molecule has 0 bridgehead atoms. The molecule has 2 rings (SSSR count). The first kappa shape index (κ1) is 18.3. The van der Waals surface area contributed by atoms with Crippen molar-refractivity contribution in [3.63, 3.8) is 0 Å². The summed E-state index contributed by atoms with van der Waals surface area (Å²) < 4.78 is 9.82. The maximum Gasteiger partial charge on any atom is 0.314 e. The van der Waals surface area contributed by atoms with E-state index in [2.05, 4.69) is 0 Å². The molecule has 0 N–H and O–H groups in total. The number of esters is 2. The zero-order valence-electron chi connectivity index (χ0n) is 13.2.